The molecule has 1 aromatic heterocycles. The number of nitrogens with zero attached hydrogens (tertiary/aromatic N) is 4. The number of nitrogens with one attached hydrogen (secondary N) is 1. The zero-order valence-electron chi connectivity index (χ0n) is 13.9. The maximum atomic E-state index is 12.4. The van der Waals surface area contributed by atoms with Crippen LogP contribution in [0, 0.1) is 0 Å². The van der Waals surface area contributed by atoms with Gasteiger partial charge < -0.3 is 5.32 Å². The van der Waals surface area contributed by atoms with E-state index in [1.54, 1.807) is 31.2 Å². The van der Waals surface area contributed by atoms with E-state index in [4.69, 9.17) is 0 Å². The summed E-state index contributed by atoms with van der Waals surface area (Å²) in [6.07, 6.45) is 0. The van der Waals surface area contributed by atoms with E-state index in [2.05, 4.69) is 20.7 Å². The Hall–Kier alpha value is -3.35. The normalized spacial score (nSPS) is 11.8. The highest BCUT2D eigenvalue weighted by Crippen LogP contribution is 2.16. The molecule has 7 nitrogen and oxygen atoms in total. The molecule has 1 unspecified atom stereocenters. The molecule has 0 radical (unpaired) electrons. The molecular formula is C18H17N5O2. The van der Waals surface area contributed by atoms with Gasteiger partial charge in [-0.1, -0.05) is 42.5 Å². The van der Waals surface area contributed by atoms with Crippen LogP contribution in [-0.2, 0) is 4.79 Å². The molecule has 7 heteroatoms. The second-order valence-corrected chi connectivity index (χ2v) is 5.60. The average Bonchev–Trinajstić information content (AvgIpc) is 3.12. The van der Waals surface area contributed by atoms with E-state index in [1.807, 2.05) is 30.3 Å². The molecule has 0 aliphatic rings. The third-order valence-electron chi connectivity index (χ3n) is 3.72. The van der Waals surface area contributed by atoms with Gasteiger partial charge in [-0.25, -0.2) is 0 Å². The number of Topliss-reactive ketones (excluding diaryl/α,β-unsaturated/α-hetero) is 1. The standard InChI is InChI=1S/C18H17N5O2/c1-12(18(25)19-16-10-6-9-15(11-16)13(2)24)23-21-17(20-22-23)14-7-4-3-5-8-14/h3-12H,1-2H3,(H,19,25). The fraction of sp³-hybridized carbons (Fsp3) is 0.167. The van der Waals surface area contributed by atoms with Crippen molar-refractivity contribution in [1.82, 2.24) is 20.2 Å². The molecular weight excluding hydrogens is 318 g/mol. The van der Waals surface area contributed by atoms with Crippen LogP contribution in [0.2, 0.25) is 0 Å². The summed E-state index contributed by atoms with van der Waals surface area (Å²) < 4.78 is 0. The summed E-state index contributed by atoms with van der Waals surface area (Å²) >= 11 is 0. The van der Waals surface area contributed by atoms with Crippen LogP contribution in [0.3, 0.4) is 0 Å². The highest BCUT2D eigenvalue weighted by Gasteiger charge is 2.19. The Kier molecular flexibility index (Phi) is 4.65. The topological polar surface area (TPSA) is 89.8 Å². The minimum atomic E-state index is -0.647. The molecule has 1 amide bonds. The van der Waals surface area contributed by atoms with Gasteiger partial charge in [0.2, 0.25) is 5.82 Å². The summed E-state index contributed by atoms with van der Waals surface area (Å²) in [6.45, 7) is 3.16. The van der Waals surface area contributed by atoms with Crippen LogP contribution >= 0.6 is 0 Å². The Balaban J connectivity index is 1.74. The molecule has 0 saturated carbocycles. The Labute approximate surface area is 144 Å². The van der Waals surface area contributed by atoms with Crippen LogP contribution in [-0.4, -0.2) is 31.9 Å². The summed E-state index contributed by atoms with van der Waals surface area (Å²) in [5.74, 6) is 0.103. The molecule has 25 heavy (non-hydrogen) atoms. The number of hydrogen-bond acceptors (Lipinski definition) is 5. The monoisotopic (exact) mass is 335 g/mol. The molecule has 1 atom stereocenters. The van der Waals surface area contributed by atoms with Gasteiger partial charge in [-0.2, -0.15) is 4.80 Å². The van der Waals surface area contributed by atoms with Gasteiger partial charge in [0.1, 0.15) is 6.04 Å². The maximum Gasteiger partial charge on any atom is 0.250 e. The fourth-order valence-corrected chi connectivity index (χ4v) is 2.26. The minimum Gasteiger partial charge on any atom is -0.324 e. The maximum absolute atomic E-state index is 12.4. The first-order chi connectivity index (χ1) is 12.0. The number of carbonyl (C=O) groups is 2. The summed E-state index contributed by atoms with van der Waals surface area (Å²) in [5.41, 5.74) is 1.92. The largest absolute Gasteiger partial charge is 0.324 e. The van der Waals surface area contributed by atoms with Crippen LogP contribution in [0.5, 0.6) is 0 Å². The molecule has 1 heterocycles. The van der Waals surface area contributed by atoms with E-state index >= 15 is 0 Å². The van der Waals surface area contributed by atoms with E-state index < -0.39 is 6.04 Å². The summed E-state index contributed by atoms with van der Waals surface area (Å²) in [5, 5.41) is 15.0. The number of carbonyl (C=O) groups excluding carboxylic acids is 2. The highest BCUT2D eigenvalue weighted by molar-refractivity contribution is 5.97. The van der Waals surface area contributed by atoms with Crippen molar-refractivity contribution in [3.63, 3.8) is 0 Å². The number of hydrogen-bond donors (Lipinski definition) is 1. The molecule has 3 rings (SSSR count). The quantitative estimate of drug-likeness (QED) is 0.724. The van der Waals surface area contributed by atoms with E-state index in [1.165, 1.54) is 11.7 Å². The second kappa shape index (κ2) is 7.04. The Bertz CT molecular complexity index is 905. The molecule has 0 aliphatic heterocycles. The van der Waals surface area contributed by atoms with Crippen LogP contribution in [0.15, 0.2) is 54.6 Å². The number of tetrazole rings is 1. The van der Waals surface area contributed by atoms with Gasteiger partial charge in [0.05, 0.1) is 0 Å². The first kappa shape index (κ1) is 16.5. The summed E-state index contributed by atoms with van der Waals surface area (Å²) in [6, 6.07) is 15.6. The van der Waals surface area contributed by atoms with Crippen molar-refractivity contribution < 1.29 is 9.59 Å². The molecule has 126 valence electrons. The van der Waals surface area contributed by atoms with Gasteiger partial charge in [-0.15, -0.1) is 10.2 Å². The van der Waals surface area contributed by atoms with Gasteiger partial charge in [0.15, 0.2) is 5.78 Å². The number of amides is 1. The number of benzene rings is 2. The lowest BCUT2D eigenvalue weighted by atomic mass is 10.1. The molecule has 0 fully saturated rings. The lowest BCUT2D eigenvalue weighted by Gasteiger charge is -2.11. The highest BCUT2D eigenvalue weighted by atomic mass is 16.2. The van der Waals surface area contributed by atoms with Crippen molar-refractivity contribution in [2.24, 2.45) is 0 Å². The van der Waals surface area contributed by atoms with Crippen molar-refractivity contribution in [1.29, 1.82) is 0 Å². The SMILES string of the molecule is CC(=O)c1cccc(NC(=O)C(C)n2nnc(-c3ccccc3)n2)c1. The molecule has 3 aromatic rings. The summed E-state index contributed by atoms with van der Waals surface area (Å²) in [4.78, 5) is 25.1. The number of ketones is 1. The third kappa shape index (κ3) is 3.77. The summed E-state index contributed by atoms with van der Waals surface area (Å²) in [7, 11) is 0. The van der Waals surface area contributed by atoms with Crippen LogP contribution in [0.4, 0.5) is 5.69 Å². The Morgan fingerprint density at radius 1 is 1.08 bits per heavy atom. The predicted octanol–water partition coefficient (Wildman–Crippen LogP) is 2.74. The van der Waals surface area contributed by atoms with E-state index in [-0.39, 0.29) is 11.7 Å². The van der Waals surface area contributed by atoms with Gasteiger partial charge in [0, 0.05) is 16.8 Å². The lowest BCUT2D eigenvalue weighted by Crippen LogP contribution is -2.25. The Morgan fingerprint density at radius 2 is 1.84 bits per heavy atom. The molecule has 0 aliphatic carbocycles. The van der Waals surface area contributed by atoms with Crippen LogP contribution in [0.25, 0.3) is 11.4 Å². The van der Waals surface area contributed by atoms with Gasteiger partial charge in [0.25, 0.3) is 5.91 Å². The minimum absolute atomic E-state index is 0.0606. The van der Waals surface area contributed by atoms with E-state index in [0.717, 1.165) is 5.56 Å². The van der Waals surface area contributed by atoms with Crippen molar-refractivity contribution in [2.45, 2.75) is 19.9 Å². The molecule has 1 N–H and O–H groups in total. The van der Waals surface area contributed by atoms with E-state index in [0.29, 0.717) is 17.1 Å². The second-order valence-electron chi connectivity index (χ2n) is 5.60. The molecule has 0 bridgehead atoms. The Morgan fingerprint density at radius 3 is 2.56 bits per heavy atom. The zero-order valence-corrected chi connectivity index (χ0v) is 13.9. The van der Waals surface area contributed by atoms with Crippen molar-refractivity contribution >= 4 is 17.4 Å². The first-order valence-electron chi connectivity index (χ1n) is 7.81. The van der Waals surface area contributed by atoms with Crippen molar-refractivity contribution in [3.8, 4) is 11.4 Å². The lowest BCUT2D eigenvalue weighted by molar-refractivity contribution is -0.119. The predicted molar refractivity (Wildman–Crippen MR) is 93.0 cm³/mol. The third-order valence-corrected chi connectivity index (χ3v) is 3.72. The van der Waals surface area contributed by atoms with Crippen LogP contribution < -0.4 is 5.32 Å². The fourth-order valence-electron chi connectivity index (χ4n) is 2.26. The number of anilines is 1. The number of rotatable bonds is 5. The van der Waals surface area contributed by atoms with E-state index in [9.17, 15) is 9.59 Å². The van der Waals surface area contributed by atoms with Gasteiger partial charge in [-0.3, -0.25) is 9.59 Å². The number of aromatic nitrogens is 4. The zero-order chi connectivity index (χ0) is 17.8. The smallest absolute Gasteiger partial charge is 0.250 e. The molecule has 0 saturated heterocycles. The first-order valence-corrected chi connectivity index (χ1v) is 7.81. The van der Waals surface area contributed by atoms with Gasteiger partial charge >= 0.3 is 0 Å². The van der Waals surface area contributed by atoms with Crippen LogP contribution in [0.1, 0.15) is 30.2 Å². The molecule has 0 spiro atoms. The van der Waals surface area contributed by atoms with Gasteiger partial charge in [-0.05, 0) is 31.2 Å². The average molecular weight is 335 g/mol. The van der Waals surface area contributed by atoms with Crippen molar-refractivity contribution in [2.75, 3.05) is 5.32 Å². The molecule has 2 aromatic carbocycles. The van der Waals surface area contributed by atoms with Crippen molar-refractivity contribution in [3.05, 3.63) is 60.2 Å².